The molecule has 1 saturated carbocycles. The molecule has 1 fully saturated rings. The average molecular weight is 323 g/mol. The summed E-state index contributed by atoms with van der Waals surface area (Å²) in [6.45, 7) is 0. The second-order valence-electron chi connectivity index (χ2n) is 4.55. The van der Waals surface area contributed by atoms with Gasteiger partial charge < -0.3 is 5.32 Å². The smallest absolute Gasteiger partial charge is 0.354 e. The lowest BCUT2D eigenvalue weighted by atomic mass is 10.2. The lowest BCUT2D eigenvalue weighted by molar-refractivity contribution is -0.151. The van der Waals surface area contributed by atoms with Gasteiger partial charge in [0, 0.05) is 0 Å². The van der Waals surface area contributed by atoms with E-state index in [1.807, 2.05) is 0 Å². The molecule has 1 N–H and O–H groups in total. The van der Waals surface area contributed by atoms with Gasteiger partial charge in [-0.05, 0) is 36.6 Å². The van der Waals surface area contributed by atoms with Crippen molar-refractivity contribution < 1.29 is 13.2 Å². The third-order valence-electron chi connectivity index (χ3n) is 3.13. The molecule has 0 amide bonds. The normalized spacial score (nSPS) is 17.2. The van der Waals surface area contributed by atoms with Crippen LogP contribution in [0.5, 0.6) is 0 Å². The van der Waals surface area contributed by atoms with E-state index < -0.39 is 11.7 Å². The first-order valence-electron chi connectivity index (χ1n) is 5.65. The van der Waals surface area contributed by atoms with E-state index in [4.69, 9.17) is 23.2 Å². The Kier molecular flexibility index (Phi) is 2.95. The van der Waals surface area contributed by atoms with Crippen molar-refractivity contribution in [1.29, 1.82) is 0 Å². The number of nitrogens with one attached hydrogen (secondary N) is 1. The molecule has 0 aliphatic heterocycles. The number of pyridine rings is 1. The average Bonchev–Trinajstić information content (AvgIpc) is 3.10. The predicted octanol–water partition coefficient (Wildman–Crippen LogP) is 3.84. The summed E-state index contributed by atoms with van der Waals surface area (Å²) in [5.74, 6) is -0.0580. The van der Waals surface area contributed by atoms with Gasteiger partial charge in [0.2, 0.25) is 5.28 Å². The zero-order chi connectivity index (χ0) is 14.5. The number of aromatic nitrogens is 3. The fourth-order valence-corrected chi connectivity index (χ4v) is 2.20. The molecular weight excluding hydrogens is 316 g/mol. The SMILES string of the molecule is FC(F)(F)C1(Nc2nc(Cl)nc3ccc(Cl)nc23)CC1. The maximum atomic E-state index is 13.0. The van der Waals surface area contributed by atoms with E-state index in [-0.39, 0.29) is 34.6 Å². The van der Waals surface area contributed by atoms with Gasteiger partial charge >= 0.3 is 6.18 Å². The number of anilines is 1. The van der Waals surface area contributed by atoms with Crippen LogP contribution in [0.3, 0.4) is 0 Å². The van der Waals surface area contributed by atoms with Crippen LogP contribution >= 0.6 is 23.2 Å². The first-order valence-corrected chi connectivity index (χ1v) is 6.41. The molecule has 4 nitrogen and oxygen atoms in total. The van der Waals surface area contributed by atoms with Crippen LogP contribution in [0.1, 0.15) is 12.8 Å². The fraction of sp³-hybridized carbons (Fsp3) is 0.364. The molecule has 0 aromatic carbocycles. The maximum absolute atomic E-state index is 13.0. The molecule has 0 radical (unpaired) electrons. The van der Waals surface area contributed by atoms with Crippen molar-refractivity contribution in [2.75, 3.05) is 5.32 Å². The van der Waals surface area contributed by atoms with Gasteiger partial charge in [-0.3, -0.25) is 0 Å². The van der Waals surface area contributed by atoms with Gasteiger partial charge in [-0.15, -0.1) is 0 Å². The number of alkyl halides is 3. The van der Waals surface area contributed by atoms with Crippen molar-refractivity contribution in [2.24, 2.45) is 0 Å². The van der Waals surface area contributed by atoms with Crippen molar-refractivity contribution in [3.05, 3.63) is 22.6 Å². The van der Waals surface area contributed by atoms with Crippen molar-refractivity contribution in [1.82, 2.24) is 15.0 Å². The summed E-state index contributed by atoms with van der Waals surface area (Å²) in [5, 5.41) is 2.39. The van der Waals surface area contributed by atoms with Gasteiger partial charge in [0.15, 0.2) is 5.82 Å². The van der Waals surface area contributed by atoms with E-state index in [9.17, 15) is 13.2 Å². The second kappa shape index (κ2) is 4.33. The van der Waals surface area contributed by atoms with Crippen LogP contribution in [0.15, 0.2) is 12.1 Å². The summed E-state index contributed by atoms with van der Waals surface area (Å²) in [4.78, 5) is 11.7. The minimum Gasteiger partial charge on any atom is -0.354 e. The van der Waals surface area contributed by atoms with E-state index >= 15 is 0 Å². The molecule has 0 atom stereocenters. The molecule has 3 rings (SSSR count). The highest BCUT2D eigenvalue weighted by Crippen LogP contribution is 2.51. The van der Waals surface area contributed by atoms with Gasteiger partial charge in [-0.25, -0.2) is 9.97 Å². The van der Waals surface area contributed by atoms with Gasteiger partial charge in [0.05, 0.1) is 5.52 Å². The van der Waals surface area contributed by atoms with E-state index in [2.05, 4.69) is 20.3 Å². The molecule has 1 aliphatic rings. The summed E-state index contributed by atoms with van der Waals surface area (Å²) in [6, 6.07) is 3.00. The third kappa shape index (κ3) is 2.25. The van der Waals surface area contributed by atoms with Crippen LogP contribution in [0.25, 0.3) is 11.0 Å². The number of rotatable bonds is 2. The molecule has 0 bridgehead atoms. The molecule has 2 aromatic heterocycles. The van der Waals surface area contributed by atoms with Crippen molar-refractivity contribution in [2.45, 2.75) is 24.6 Å². The van der Waals surface area contributed by atoms with Crippen LogP contribution in [0.2, 0.25) is 10.4 Å². The molecule has 0 unspecified atom stereocenters. The Labute approximate surface area is 121 Å². The zero-order valence-corrected chi connectivity index (χ0v) is 11.3. The first kappa shape index (κ1) is 13.6. The molecule has 0 spiro atoms. The summed E-state index contributed by atoms with van der Waals surface area (Å²) < 4.78 is 38.9. The monoisotopic (exact) mass is 322 g/mol. The molecule has 2 aromatic rings. The number of halogens is 5. The topological polar surface area (TPSA) is 50.7 Å². The largest absolute Gasteiger partial charge is 0.411 e. The highest BCUT2D eigenvalue weighted by atomic mass is 35.5. The van der Waals surface area contributed by atoms with Crippen LogP contribution in [0.4, 0.5) is 19.0 Å². The summed E-state index contributed by atoms with van der Waals surface area (Å²) >= 11 is 11.5. The Bertz CT molecular complexity index is 685. The third-order valence-corrected chi connectivity index (χ3v) is 3.51. The summed E-state index contributed by atoms with van der Waals surface area (Å²) in [6.07, 6.45) is -4.39. The number of hydrogen-bond donors (Lipinski definition) is 1. The van der Waals surface area contributed by atoms with Crippen molar-refractivity contribution in [3.8, 4) is 0 Å². The quantitative estimate of drug-likeness (QED) is 0.674. The zero-order valence-electron chi connectivity index (χ0n) is 9.80. The highest BCUT2D eigenvalue weighted by Gasteiger charge is 2.64. The van der Waals surface area contributed by atoms with Crippen molar-refractivity contribution in [3.63, 3.8) is 0 Å². The fourth-order valence-electron chi connectivity index (χ4n) is 1.88. The Balaban J connectivity index is 2.09. The molecule has 2 heterocycles. The Morgan fingerprint density at radius 1 is 1.10 bits per heavy atom. The summed E-state index contributed by atoms with van der Waals surface area (Å²) in [5.41, 5.74) is -1.46. The van der Waals surface area contributed by atoms with Crippen molar-refractivity contribution >= 4 is 40.1 Å². The maximum Gasteiger partial charge on any atom is 0.411 e. The second-order valence-corrected chi connectivity index (χ2v) is 5.27. The van der Waals surface area contributed by atoms with E-state index in [1.165, 1.54) is 12.1 Å². The summed E-state index contributed by atoms with van der Waals surface area (Å²) in [7, 11) is 0. The van der Waals surface area contributed by atoms with E-state index in [1.54, 1.807) is 0 Å². The molecule has 20 heavy (non-hydrogen) atoms. The Morgan fingerprint density at radius 2 is 1.80 bits per heavy atom. The minimum atomic E-state index is -4.37. The van der Waals surface area contributed by atoms with Crippen LogP contribution in [-0.4, -0.2) is 26.7 Å². The molecule has 0 saturated heterocycles. The van der Waals surface area contributed by atoms with Crippen LogP contribution in [-0.2, 0) is 0 Å². The lowest BCUT2D eigenvalue weighted by Gasteiger charge is -2.21. The molecule has 9 heteroatoms. The first-order chi connectivity index (χ1) is 9.31. The number of fused-ring (bicyclic) bond motifs is 1. The molecule has 1 aliphatic carbocycles. The number of hydrogen-bond acceptors (Lipinski definition) is 4. The van der Waals surface area contributed by atoms with E-state index in [0.29, 0.717) is 5.52 Å². The Hall–Kier alpha value is -1.34. The van der Waals surface area contributed by atoms with Gasteiger partial charge in [-0.2, -0.15) is 18.2 Å². The van der Waals surface area contributed by atoms with Crippen LogP contribution < -0.4 is 5.32 Å². The molecular formula is C11H7Cl2F3N4. The van der Waals surface area contributed by atoms with E-state index in [0.717, 1.165) is 0 Å². The lowest BCUT2D eigenvalue weighted by Crippen LogP contribution is -2.39. The number of nitrogens with zero attached hydrogens (tertiary/aromatic N) is 3. The highest BCUT2D eigenvalue weighted by molar-refractivity contribution is 6.30. The predicted molar refractivity (Wildman–Crippen MR) is 69.0 cm³/mol. The standard InChI is InChI=1S/C11H7Cl2F3N4/c12-6-2-1-5-7(18-6)8(19-9(13)17-5)20-10(3-4-10)11(14,15)16/h1-2H,3-4H2,(H,17,19,20). The van der Waals surface area contributed by atoms with Gasteiger partial charge in [-0.1, -0.05) is 11.6 Å². The van der Waals surface area contributed by atoms with Gasteiger partial charge in [0.25, 0.3) is 0 Å². The minimum absolute atomic E-state index is 0.0137. The van der Waals surface area contributed by atoms with Gasteiger partial charge in [0.1, 0.15) is 16.2 Å². The Morgan fingerprint density at radius 3 is 2.40 bits per heavy atom. The van der Waals surface area contributed by atoms with Crippen LogP contribution in [0, 0.1) is 0 Å². The molecule has 106 valence electrons.